The highest BCUT2D eigenvalue weighted by atomic mass is 32.2. The van der Waals surface area contributed by atoms with Crippen molar-refractivity contribution in [2.45, 2.75) is 55.4 Å². The molecule has 1 fully saturated rings. The summed E-state index contributed by atoms with van der Waals surface area (Å²) in [7, 11) is -3.37. The topological polar surface area (TPSA) is 90.3 Å². The molecule has 1 aromatic heterocycles. The maximum absolute atomic E-state index is 12.8. The maximum atomic E-state index is 12.8. The minimum atomic E-state index is -3.37. The first-order valence-corrected chi connectivity index (χ1v) is 11.2. The van der Waals surface area contributed by atoms with Crippen molar-refractivity contribution in [1.29, 1.82) is 0 Å². The van der Waals surface area contributed by atoms with Gasteiger partial charge in [-0.15, -0.1) is 0 Å². The minimum absolute atomic E-state index is 0.0985. The summed E-state index contributed by atoms with van der Waals surface area (Å²) in [5.74, 6) is -0.185. The first-order valence-electron chi connectivity index (χ1n) is 9.62. The summed E-state index contributed by atoms with van der Waals surface area (Å²) < 4.78 is 33.1. The Kier molecular flexibility index (Phi) is 6.51. The Morgan fingerprint density at radius 2 is 2.04 bits per heavy atom. The normalized spacial score (nSPS) is 20.2. The lowest BCUT2D eigenvalue weighted by molar-refractivity contribution is 0.0132. The fourth-order valence-corrected chi connectivity index (χ4v) is 5.27. The highest BCUT2D eigenvalue weighted by Gasteiger charge is 2.33. The number of hydrogen-bond donors (Lipinski definition) is 1. The quantitative estimate of drug-likeness (QED) is 0.765. The molecule has 0 saturated carbocycles. The molecule has 2 heterocycles. The number of ether oxygens (including phenoxy) is 1. The van der Waals surface area contributed by atoms with Crippen LogP contribution in [0.1, 0.15) is 49.6 Å². The van der Waals surface area contributed by atoms with Crippen LogP contribution in [0.5, 0.6) is 0 Å². The Morgan fingerprint density at radius 1 is 1.29 bits per heavy atom. The van der Waals surface area contributed by atoms with E-state index in [1.165, 1.54) is 0 Å². The third kappa shape index (κ3) is 4.62. The molecule has 0 bridgehead atoms. The number of nitrogens with zero attached hydrogens (tertiary/aromatic N) is 2. The van der Waals surface area contributed by atoms with Crippen LogP contribution in [-0.2, 0) is 14.6 Å². The van der Waals surface area contributed by atoms with Crippen molar-refractivity contribution in [3.63, 3.8) is 0 Å². The fraction of sp³-hybridized carbons (Fsp3) is 0.500. The zero-order valence-electron chi connectivity index (χ0n) is 16.2. The molecular weight excluding hydrogens is 378 g/mol. The second kappa shape index (κ2) is 8.87. The smallest absolute Gasteiger partial charge is 0.269 e. The third-order valence-electron chi connectivity index (χ3n) is 4.97. The van der Waals surface area contributed by atoms with Gasteiger partial charge in [0.2, 0.25) is 0 Å². The van der Waals surface area contributed by atoms with Crippen LogP contribution in [0.4, 0.5) is 0 Å². The van der Waals surface area contributed by atoms with Crippen LogP contribution in [-0.4, -0.2) is 48.6 Å². The van der Waals surface area contributed by atoms with Gasteiger partial charge in [-0.05, 0) is 51.3 Å². The highest BCUT2D eigenvalue weighted by molar-refractivity contribution is 7.92. The number of carbonyl (C=O) groups is 1. The summed E-state index contributed by atoms with van der Waals surface area (Å²) >= 11 is 0. The number of aromatic nitrogens is 2. The van der Waals surface area contributed by atoms with Crippen molar-refractivity contribution in [3.05, 3.63) is 48.3 Å². The van der Waals surface area contributed by atoms with Gasteiger partial charge in [-0.1, -0.05) is 18.2 Å². The number of rotatable bonds is 7. The second-order valence-corrected chi connectivity index (χ2v) is 9.52. The molecule has 1 N–H and O–H groups in total. The average molecular weight is 406 g/mol. The molecule has 1 aliphatic heterocycles. The van der Waals surface area contributed by atoms with Gasteiger partial charge in [-0.3, -0.25) is 9.48 Å². The number of hydrogen-bond acceptors (Lipinski definition) is 5. The average Bonchev–Trinajstić information content (AvgIpc) is 3.19. The van der Waals surface area contributed by atoms with E-state index < -0.39 is 15.1 Å². The van der Waals surface area contributed by atoms with E-state index in [2.05, 4.69) is 10.4 Å². The zero-order chi connectivity index (χ0) is 20.1. The Labute approximate surface area is 166 Å². The van der Waals surface area contributed by atoms with Crippen LogP contribution in [0.2, 0.25) is 0 Å². The summed E-state index contributed by atoms with van der Waals surface area (Å²) in [6.45, 7) is 4.76. The largest absolute Gasteiger partial charge is 0.378 e. The van der Waals surface area contributed by atoms with Crippen LogP contribution in [0, 0.1) is 0 Å². The lowest BCUT2D eigenvalue weighted by Gasteiger charge is -2.29. The monoisotopic (exact) mass is 405 g/mol. The predicted octanol–water partition coefficient (Wildman–Crippen LogP) is 2.61. The molecule has 0 unspecified atom stereocenters. The first-order chi connectivity index (χ1) is 13.4. The lowest BCUT2D eigenvalue weighted by atomic mass is 10.1. The van der Waals surface area contributed by atoms with Gasteiger partial charge in [0.15, 0.2) is 9.84 Å². The van der Waals surface area contributed by atoms with Gasteiger partial charge in [0.25, 0.3) is 5.91 Å². The first kappa shape index (κ1) is 20.5. The molecular formula is C20H27N3O4S. The van der Waals surface area contributed by atoms with Gasteiger partial charge in [-0.2, -0.15) is 5.10 Å². The molecule has 1 aromatic carbocycles. The van der Waals surface area contributed by atoms with Gasteiger partial charge in [0, 0.05) is 25.4 Å². The van der Waals surface area contributed by atoms with Gasteiger partial charge in [0.05, 0.1) is 16.2 Å². The standard InChI is InChI=1S/C20H27N3O4S/c1-15(2)23-19(9-12-22-23)20(24)21-11-8-16-14-18(10-13-27-16)28(25,26)17-6-4-3-5-7-17/h3-7,9,12,15-16,18H,8,10-11,13-14H2,1-2H3,(H,21,24)/t16-,18+/m1/s1. The Morgan fingerprint density at radius 3 is 2.75 bits per heavy atom. The van der Waals surface area contributed by atoms with E-state index in [1.54, 1.807) is 47.3 Å². The van der Waals surface area contributed by atoms with Crippen molar-refractivity contribution >= 4 is 15.7 Å². The molecule has 1 aliphatic rings. The summed E-state index contributed by atoms with van der Waals surface area (Å²) in [4.78, 5) is 12.7. The molecule has 7 nitrogen and oxygen atoms in total. The van der Waals surface area contributed by atoms with E-state index >= 15 is 0 Å². The van der Waals surface area contributed by atoms with Crippen molar-refractivity contribution in [2.24, 2.45) is 0 Å². The molecule has 0 spiro atoms. The molecule has 8 heteroatoms. The van der Waals surface area contributed by atoms with Crippen LogP contribution < -0.4 is 5.32 Å². The number of amides is 1. The van der Waals surface area contributed by atoms with Crippen molar-refractivity contribution in [2.75, 3.05) is 13.2 Å². The molecule has 3 rings (SSSR count). The maximum Gasteiger partial charge on any atom is 0.269 e. The van der Waals surface area contributed by atoms with E-state index in [1.807, 2.05) is 13.8 Å². The van der Waals surface area contributed by atoms with Crippen molar-refractivity contribution in [3.8, 4) is 0 Å². The van der Waals surface area contributed by atoms with Crippen molar-refractivity contribution in [1.82, 2.24) is 15.1 Å². The van der Waals surface area contributed by atoms with Crippen LogP contribution >= 0.6 is 0 Å². The van der Waals surface area contributed by atoms with Gasteiger partial charge < -0.3 is 10.1 Å². The van der Waals surface area contributed by atoms with Crippen LogP contribution in [0.15, 0.2) is 47.5 Å². The Bertz CT molecular complexity index is 893. The minimum Gasteiger partial charge on any atom is -0.378 e. The van der Waals surface area contributed by atoms with E-state index in [0.29, 0.717) is 43.0 Å². The second-order valence-electron chi connectivity index (χ2n) is 7.30. The molecule has 0 radical (unpaired) electrons. The summed E-state index contributed by atoms with van der Waals surface area (Å²) in [5.41, 5.74) is 0.518. The van der Waals surface area contributed by atoms with Gasteiger partial charge in [-0.25, -0.2) is 8.42 Å². The molecule has 0 aliphatic carbocycles. The van der Waals surface area contributed by atoms with Crippen LogP contribution in [0.3, 0.4) is 0 Å². The summed E-state index contributed by atoms with van der Waals surface area (Å²) in [5, 5.41) is 6.60. The molecule has 2 aromatic rings. The van der Waals surface area contributed by atoms with E-state index in [4.69, 9.17) is 4.74 Å². The highest BCUT2D eigenvalue weighted by Crippen LogP contribution is 2.27. The summed E-state index contributed by atoms with van der Waals surface area (Å²) in [6, 6.07) is 10.3. The van der Waals surface area contributed by atoms with Crippen LogP contribution in [0.25, 0.3) is 0 Å². The lowest BCUT2D eigenvalue weighted by Crippen LogP contribution is -2.37. The van der Waals surface area contributed by atoms with E-state index in [-0.39, 0.29) is 18.1 Å². The fourth-order valence-electron chi connectivity index (χ4n) is 3.47. The van der Waals surface area contributed by atoms with E-state index in [0.717, 1.165) is 0 Å². The molecule has 152 valence electrons. The molecule has 2 atom stereocenters. The summed E-state index contributed by atoms with van der Waals surface area (Å²) in [6.07, 6.45) is 2.93. The zero-order valence-corrected chi connectivity index (χ0v) is 17.1. The number of nitrogens with one attached hydrogen (secondary N) is 1. The molecule has 1 amide bonds. The number of carbonyl (C=O) groups excluding carboxylic acids is 1. The SMILES string of the molecule is CC(C)n1nccc1C(=O)NCC[C@@H]1C[C@@H](S(=O)(=O)c2ccccc2)CCO1. The van der Waals surface area contributed by atoms with Crippen molar-refractivity contribution < 1.29 is 17.9 Å². The van der Waals surface area contributed by atoms with Gasteiger partial charge in [0.1, 0.15) is 5.69 Å². The van der Waals surface area contributed by atoms with Gasteiger partial charge >= 0.3 is 0 Å². The van der Waals surface area contributed by atoms with E-state index in [9.17, 15) is 13.2 Å². The Hall–Kier alpha value is -2.19. The number of benzene rings is 1. The number of sulfone groups is 1. The molecule has 28 heavy (non-hydrogen) atoms. The molecule has 1 saturated heterocycles. The predicted molar refractivity (Wildman–Crippen MR) is 106 cm³/mol. The Balaban J connectivity index is 1.54. The third-order valence-corrected chi connectivity index (χ3v) is 7.21.